The normalized spacial score (nSPS) is 18.4. The Morgan fingerprint density at radius 3 is 1.01 bits per heavy atom. The molecule has 7 aromatic heterocycles. The molecule has 126 heavy (non-hydrogen) atoms. The Morgan fingerprint density at radius 2 is 0.730 bits per heavy atom. The van der Waals surface area contributed by atoms with E-state index < -0.39 is 45.0 Å². The first-order chi connectivity index (χ1) is 60.2. The molecule has 1 unspecified atom stereocenters. The summed E-state index contributed by atoms with van der Waals surface area (Å²) >= 11 is 25.1. The molecule has 16 rings (SSSR count). The Morgan fingerprint density at radius 1 is 0.429 bits per heavy atom. The highest BCUT2D eigenvalue weighted by atomic mass is 35.5. The zero-order valence-corrected chi connectivity index (χ0v) is 76.5. The third-order valence-corrected chi connectivity index (χ3v) is 30.0. The quantitative estimate of drug-likeness (QED) is 0.0297. The van der Waals surface area contributed by atoms with Gasteiger partial charge in [0.2, 0.25) is 0 Å². The maximum Gasteiger partial charge on any atom is 0.317 e. The highest BCUT2D eigenvalue weighted by Crippen LogP contribution is 2.51. The lowest BCUT2D eigenvalue weighted by atomic mass is 9.68. The lowest BCUT2D eigenvalue weighted by molar-refractivity contribution is -0.0144. The number of aromatic nitrogens is 12. The first-order valence-corrected chi connectivity index (χ1v) is 46.5. The number of H-pyrrole nitrogens is 4. The molecule has 0 spiro atoms. The summed E-state index contributed by atoms with van der Waals surface area (Å²) in [6.07, 6.45) is 23.3. The zero-order chi connectivity index (χ0) is 89.8. The average Bonchev–Trinajstić information content (AvgIpc) is 1.38. The van der Waals surface area contributed by atoms with E-state index in [1.54, 1.807) is 68.2 Å². The number of aliphatic hydroxyl groups excluding tert-OH is 4. The molecule has 5 aliphatic rings. The Labute approximate surface area is 755 Å². The minimum absolute atomic E-state index is 0.0605. The van der Waals surface area contributed by atoms with Crippen LogP contribution in [0.5, 0.6) is 0 Å². The number of nitrogens with zero attached hydrogens (tertiary/aromatic N) is 13. The van der Waals surface area contributed by atoms with Gasteiger partial charge in [0.25, 0.3) is 0 Å². The fourth-order valence-corrected chi connectivity index (χ4v) is 21.2. The molecule has 8 amide bonds. The van der Waals surface area contributed by atoms with Crippen molar-refractivity contribution in [1.82, 2.24) is 106 Å². The van der Waals surface area contributed by atoms with E-state index in [9.17, 15) is 43.8 Å². The van der Waals surface area contributed by atoms with Gasteiger partial charge in [0, 0.05) is 202 Å². The van der Waals surface area contributed by atoms with Gasteiger partial charge in [-0.3, -0.25) is 44.5 Å². The van der Waals surface area contributed by atoms with Crippen LogP contribution in [0.2, 0.25) is 20.1 Å². The van der Waals surface area contributed by atoms with Crippen LogP contribution in [0, 0.1) is 45.3 Å². The van der Waals surface area contributed by atoms with Crippen molar-refractivity contribution in [1.29, 1.82) is 0 Å². The molecule has 11 aromatic rings. The number of rotatable bonds is 21. The number of pyridine rings is 2. The van der Waals surface area contributed by atoms with Gasteiger partial charge in [0.05, 0.1) is 89.7 Å². The van der Waals surface area contributed by atoms with Crippen LogP contribution in [0.1, 0.15) is 177 Å². The van der Waals surface area contributed by atoms with E-state index in [0.717, 1.165) is 147 Å². The number of aromatic amines is 4. The number of hydrogen-bond donors (Lipinski definition) is 12. The number of aliphatic hydroxyl groups is 4. The van der Waals surface area contributed by atoms with Gasteiger partial charge in [-0.15, -0.1) is 0 Å². The lowest BCUT2D eigenvalue weighted by Crippen LogP contribution is -2.48. The van der Waals surface area contributed by atoms with Crippen molar-refractivity contribution in [3.05, 3.63) is 200 Å². The van der Waals surface area contributed by atoms with Gasteiger partial charge in [-0.1, -0.05) is 114 Å². The van der Waals surface area contributed by atoms with Gasteiger partial charge >= 0.3 is 24.1 Å². The van der Waals surface area contributed by atoms with Crippen LogP contribution in [-0.4, -0.2) is 217 Å². The van der Waals surface area contributed by atoms with Crippen LogP contribution in [0.3, 0.4) is 0 Å². The third-order valence-electron chi connectivity index (χ3n) is 26.9. The number of hydrogen-bond acceptors (Lipinski definition) is 17. The molecule has 5 saturated heterocycles. The number of urea groups is 4. The first-order valence-electron chi connectivity index (χ1n) is 43.1. The Bertz CT molecular complexity index is 5210. The summed E-state index contributed by atoms with van der Waals surface area (Å²) in [5, 5.41) is 91.3. The first kappa shape index (κ1) is 93.8. The summed E-state index contributed by atoms with van der Waals surface area (Å²) in [6, 6.07) is 21.9. The van der Waals surface area contributed by atoms with Gasteiger partial charge in [-0.05, 0) is 181 Å². The van der Waals surface area contributed by atoms with Crippen LogP contribution in [0.25, 0.3) is 43.6 Å². The fraction of sp³-hybridized carbons (Fsp3) is 0.484. The minimum Gasteiger partial charge on any atom is -0.388 e. The fourth-order valence-electron chi connectivity index (χ4n) is 18.6. The van der Waals surface area contributed by atoms with E-state index in [1.165, 1.54) is 0 Å². The topological polar surface area (TPSA) is 397 Å². The predicted molar refractivity (Wildman–Crippen MR) is 493 cm³/mol. The van der Waals surface area contributed by atoms with Crippen molar-refractivity contribution >= 4 is 130 Å². The van der Waals surface area contributed by atoms with Gasteiger partial charge < -0.3 is 61.3 Å². The number of likely N-dealkylation sites (tertiary alicyclic amines) is 4. The molecule has 0 aliphatic carbocycles. The van der Waals surface area contributed by atoms with Crippen molar-refractivity contribution in [3.63, 3.8) is 0 Å². The third kappa shape index (κ3) is 22.3. The molecule has 0 bridgehead atoms. The molecule has 30 nitrogen and oxygen atoms in total. The monoisotopic (exact) mass is 1820 g/mol. The van der Waals surface area contributed by atoms with E-state index >= 15 is 0 Å². The molecule has 0 saturated carbocycles. The van der Waals surface area contributed by atoms with Crippen LogP contribution < -0.4 is 21.3 Å². The number of piperidine rings is 4. The summed E-state index contributed by atoms with van der Waals surface area (Å²) in [5.74, 6) is 5.49. The molecule has 5 fully saturated rings. The summed E-state index contributed by atoms with van der Waals surface area (Å²) in [7, 11) is -2.15. The van der Waals surface area contributed by atoms with Crippen LogP contribution in [0.15, 0.2) is 141 Å². The molecule has 5 atom stereocenters. The molecule has 674 valence electrons. The highest BCUT2D eigenvalue weighted by Gasteiger charge is 2.45. The highest BCUT2D eigenvalue weighted by molar-refractivity contribution is 7.98. The van der Waals surface area contributed by atoms with Crippen LogP contribution in [-0.2, 0) is 29.3 Å². The molecule has 35 heteroatoms. The number of halogens is 4. The molecular weight excluding hydrogens is 1710 g/mol. The van der Waals surface area contributed by atoms with E-state index in [4.69, 9.17) is 46.4 Å². The minimum atomic E-state index is -2.15. The lowest BCUT2D eigenvalue weighted by Gasteiger charge is -2.43. The van der Waals surface area contributed by atoms with Crippen molar-refractivity contribution < 1.29 is 43.8 Å². The number of amides is 8. The Kier molecular flexibility index (Phi) is 30.6. The van der Waals surface area contributed by atoms with Crippen molar-refractivity contribution in [2.75, 3.05) is 77.7 Å². The van der Waals surface area contributed by atoms with Gasteiger partial charge in [0.1, 0.15) is 0 Å². The van der Waals surface area contributed by atoms with Gasteiger partial charge in [0.15, 0.2) is 0 Å². The van der Waals surface area contributed by atoms with Crippen LogP contribution in [0.4, 0.5) is 19.2 Å². The Balaban J connectivity index is 0.000000144. The molecule has 5 aliphatic heterocycles. The smallest absolute Gasteiger partial charge is 0.317 e. The largest absolute Gasteiger partial charge is 0.388 e. The summed E-state index contributed by atoms with van der Waals surface area (Å²) in [4.78, 5) is 73.9. The van der Waals surface area contributed by atoms with Gasteiger partial charge in [-0.2, -0.15) is 20.4 Å². The number of carbonyl (C=O) groups excluding carboxylic acids is 4. The van der Waals surface area contributed by atoms with E-state index in [-0.39, 0.29) is 58.6 Å². The maximum atomic E-state index is 12.6. The van der Waals surface area contributed by atoms with Crippen molar-refractivity contribution in [2.45, 2.75) is 157 Å². The second-order valence-electron chi connectivity index (χ2n) is 36.1. The SMILES string of the molecule is C=S1(=O)CCCN1CCNC(=O)N1CCC(C(C)(C)[C@H](O)c2cc(Cl)cc3cn[nH]c23)CC1.CC(C)(C1CCN(C(=O)NCc2cccnc2)CC1)[C@H](O)c1cc(Cl)cc2cn[nH]c12.CC(C)(C1CCN(C(=O)NCc2cccnc2)CC1)[C@H](O)c1cc(Cl)cc2cn[nH]c12.CC(C)(C1CCN(C(=O)NCc2cnccn2)CC1)[C@H](O)c1cc(Cl)cc2cn[nH]c12. The number of nitrogens with one attached hydrogen (secondary N) is 8. The number of fused-ring (bicyclic) bond motifs is 4. The van der Waals surface area contributed by atoms with E-state index in [1.807, 2.05) is 96.7 Å². The second kappa shape index (κ2) is 41.1. The summed E-state index contributed by atoms with van der Waals surface area (Å²) < 4.78 is 14.2. The molecule has 12 N–H and O–H groups in total. The molecular formula is C91H117Cl4N21O9S. The maximum absolute atomic E-state index is 12.6. The number of carbonyl (C=O) groups is 4. The van der Waals surface area contributed by atoms with E-state index in [2.05, 4.69) is 143 Å². The standard InChI is InChI=1S/C23H34ClN5O3S.2C23H28ClN5O2.C22H27ClN6O2/c1-23(2,21(30)19-14-18(24)13-16-15-26-27-20(16)19)17-5-9-28(10-6-17)22(31)25-7-11-29-8-4-12-33(29,3)32;2*1-23(2,21(30)19-11-18(24)10-16-14-27-28-20(16)19)17-5-8-29(9-6-17)22(31)26-13-15-4-3-7-25-12-15;1-22(2,20(30)18-10-16(23)9-14-11-27-28-19(14)18)15-3-7-29(8-4-15)21(31)26-13-17-12-24-5-6-25-17/h13-15,17,21,30H,3-12H2,1-2H3,(H,25,31)(H,26,27);2*3-4,7,10-12,14,17,21,30H,5-6,8-9,13H2,1-2H3,(H,26,31)(H,27,28);5-6,9-12,15,20,30H,3-4,7-8,13H2,1-2H3,(H,26,31)(H,27,28)/t21-,33?;2*21-;20-/m1111/s1. The summed E-state index contributed by atoms with van der Waals surface area (Å²) in [6.45, 7) is 24.9. The average molecular weight is 1820 g/mol. The van der Waals surface area contributed by atoms with E-state index in [0.29, 0.717) is 111 Å². The number of benzene rings is 4. The Hall–Kier alpha value is -9.80. The molecule has 4 aromatic carbocycles. The predicted octanol–water partition coefficient (Wildman–Crippen LogP) is 15.3. The summed E-state index contributed by atoms with van der Waals surface area (Å²) in [5.41, 5.74) is 7.38. The molecule has 0 radical (unpaired) electrons. The van der Waals surface area contributed by atoms with Crippen molar-refractivity contribution in [2.24, 2.45) is 45.3 Å². The van der Waals surface area contributed by atoms with Gasteiger partial charge in [-0.25, -0.2) is 23.5 Å². The second-order valence-corrected chi connectivity index (χ2v) is 40.4. The van der Waals surface area contributed by atoms with Crippen molar-refractivity contribution in [3.8, 4) is 0 Å². The molecule has 12 heterocycles. The zero-order valence-electron chi connectivity index (χ0n) is 72.6. The van der Waals surface area contributed by atoms with Crippen LogP contribution >= 0.6 is 46.4 Å².